The van der Waals surface area contributed by atoms with Crippen LogP contribution in [0.15, 0.2) is 24.3 Å². The Bertz CT molecular complexity index is 248. The Morgan fingerprint density at radius 2 is 1.79 bits per heavy atom. The van der Waals surface area contributed by atoms with E-state index in [4.69, 9.17) is 10.2 Å². The lowest BCUT2D eigenvalue weighted by Crippen LogP contribution is -2.01. The smallest absolute Gasteiger partial charge is 0.115 e. The number of aromatic hydroxyl groups is 1. The lowest BCUT2D eigenvalue weighted by atomic mass is 9.92. The van der Waals surface area contributed by atoms with Crippen molar-refractivity contribution < 1.29 is 10.2 Å². The van der Waals surface area contributed by atoms with E-state index in [0.717, 1.165) is 19.3 Å². The standard InChI is InChI=1S/C12H18O2/c1-2-3-10(8-9-13)11-4-6-12(14)7-5-11/h4-7,10,13-14H,2-3,8-9H2,1H3. The second kappa shape index (κ2) is 5.66. The van der Waals surface area contributed by atoms with Gasteiger partial charge in [-0.25, -0.2) is 0 Å². The van der Waals surface area contributed by atoms with Crippen LogP contribution in [0.4, 0.5) is 0 Å². The van der Waals surface area contributed by atoms with Crippen molar-refractivity contribution in [3.05, 3.63) is 29.8 Å². The zero-order valence-electron chi connectivity index (χ0n) is 8.61. The third-order valence-electron chi connectivity index (χ3n) is 2.48. The molecule has 2 nitrogen and oxygen atoms in total. The van der Waals surface area contributed by atoms with Crippen LogP contribution < -0.4 is 0 Å². The normalized spacial score (nSPS) is 12.7. The molecule has 0 radical (unpaired) electrons. The molecular formula is C12H18O2. The summed E-state index contributed by atoms with van der Waals surface area (Å²) >= 11 is 0. The first-order chi connectivity index (χ1) is 6.77. The van der Waals surface area contributed by atoms with Crippen molar-refractivity contribution in [2.45, 2.75) is 32.1 Å². The van der Waals surface area contributed by atoms with Gasteiger partial charge < -0.3 is 10.2 Å². The van der Waals surface area contributed by atoms with E-state index in [1.54, 1.807) is 12.1 Å². The van der Waals surface area contributed by atoms with Crippen LogP contribution in [0.1, 0.15) is 37.7 Å². The van der Waals surface area contributed by atoms with E-state index in [1.165, 1.54) is 5.56 Å². The zero-order valence-corrected chi connectivity index (χ0v) is 8.61. The number of benzene rings is 1. The first-order valence-corrected chi connectivity index (χ1v) is 5.17. The Kier molecular flexibility index (Phi) is 4.47. The molecule has 0 bridgehead atoms. The van der Waals surface area contributed by atoms with Crippen LogP contribution >= 0.6 is 0 Å². The molecule has 1 aromatic carbocycles. The highest BCUT2D eigenvalue weighted by Gasteiger charge is 2.09. The van der Waals surface area contributed by atoms with Gasteiger partial charge in [-0.1, -0.05) is 25.5 Å². The minimum Gasteiger partial charge on any atom is -0.508 e. The molecule has 1 unspecified atom stereocenters. The third-order valence-corrected chi connectivity index (χ3v) is 2.48. The Morgan fingerprint density at radius 3 is 2.29 bits per heavy atom. The molecular weight excluding hydrogens is 176 g/mol. The minimum absolute atomic E-state index is 0.228. The molecule has 1 aromatic rings. The van der Waals surface area contributed by atoms with Gasteiger partial charge in [0.25, 0.3) is 0 Å². The fourth-order valence-electron chi connectivity index (χ4n) is 1.73. The van der Waals surface area contributed by atoms with E-state index in [9.17, 15) is 0 Å². The Balaban J connectivity index is 2.71. The molecule has 0 heterocycles. The molecule has 0 aliphatic rings. The lowest BCUT2D eigenvalue weighted by molar-refractivity contribution is 0.272. The summed E-state index contributed by atoms with van der Waals surface area (Å²) in [7, 11) is 0. The van der Waals surface area contributed by atoms with Gasteiger partial charge in [0.1, 0.15) is 5.75 Å². The van der Waals surface area contributed by atoms with E-state index < -0.39 is 0 Å². The zero-order chi connectivity index (χ0) is 10.4. The van der Waals surface area contributed by atoms with E-state index >= 15 is 0 Å². The van der Waals surface area contributed by atoms with Crippen LogP contribution in [0.5, 0.6) is 5.75 Å². The highest BCUT2D eigenvalue weighted by molar-refractivity contribution is 5.28. The van der Waals surface area contributed by atoms with Crippen LogP contribution in [0, 0.1) is 0 Å². The topological polar surface area (TPSA) is 40.5 Å². The largest absolute Gasteiger partial charge is 0.508 e. The summed E-state index contributed by atoms with van der Waals surface area (Å²) < 4.78 is 0. The van der Waals surface area contributed by atoms with Crippen molar-refractivity contribution in [3.8, 4) is 5.75 Å². The first kappa shape index (κ1) is 11.1. The molecule has 0 saturated carbocycles. The number of aliphatic hydroxyl groups is 1. The molecule has 0 saturated heterocycles. The van der Waals surface area contributed by atoms with Crippen molar-refractivity contribution >= 4 is 0 Å². The Morgan fingerprint density at radius 1 is 1.14 bits per heavy atom. The summed E-state index contributed by atoms with van der Waals surface area (Å²) in [5.41, 5.74) is 1.21. The summed E-state index contributed by atoms with van der Waals surface area (Å²) in [4.78, 5) is 0. The highest BCUT2D eigenvalue weighted by Crippen LogP contribution is 2.25. The summed E-state index contributed by atoms with van der Waals surface area (Å²) in [6.07, 6.45) is 3.01. The molecule has 0 aromatic heterocycles. The molecule has 1 atom stereocenters. The van der Waals surface area contributed by atoms with Gasteiger partial charge in [-0.2, -0.15) is 0 Å². The van der Waals surface area contributed by atoms with Crippen LogP contribution in [0.3, 0.4) is 0 Å². The first-order valence-electron chi connectivity index (χ1n) is 5.17. The van der Waals surface area contributed by atoms with Crippen molar-refractivity contribution in [3.63, 3.8) is 0 Å². The number of hydrogen-bond acceptors (Lipinski definition) is 2. The van der Waals surface area contributed by atoms with Crippen molar-refractivity contribution in [1.29, 1.82) is 0 Å². The van der Waals surface area contributed by atoms with Gasteiger partial charge in [0.05, 0.1) is 0 Å². The predicted octanol–water partition coefficient (Wildman–Crippen LogP) is 2.66. The maximum Gasteiger partial charge on any atom is 0.115 e. The Labute approximate surface area is 85.2 Å². The van der Waals surface area contributed by atoms with E-state index in [0.29, 0.717) is 11.7 Å². The molecule has 0 fully saturated rings. The molecule has 78 valence electrons. The molecule has 1 rings (SSSR count). The van der Waals surface area contributed by atoms with Gasteiger partial charge in [-0.3, -0.25) is 0 Å². The minimum atomic E-state index is 0.228. The molecule has 0 aliphatic heterocycles. The summed E-state index contributed by atoms with van der Waals surface area (Å²) in [5, 5.41) is 18.1. The van der Waals surface area contributed by atoms with Gasteiger partial charge in [-0.15, -0.1) is 0 Å². The number of hydrogen-bond donors (Lipinski definition) is 2. The average Bonchev–Trinajstić information content (AvgIpc) is 2.19. The van der Waals surface area contributed by atoms with Crippen LogP contribution in [0.2, 0.25) is 0 Å². The second-order valence-electron chi connectivity index (χ2n) is 3.59. The van der Waals surface area contributed by atoms with Gasteiger partial charge in [0, 0.05) is 6.61 Å². The van der Waals surface area contributed by atoms with Gasteiger partial charge in [-0.05, 0) is 36.5 Å². The van der Waals surface area contributed by atoms with Gasteiger partial charge in [0.2, 0.25) is 0 Å². The fourth-order valence-corrected chi connectivity index (χ4v) is 1.73. The SMILES string of the molecule is CCCC(CCO)c1ccc(O)cc1. The van der Waals surface area contributed by atoms with E-state index in [1.807, 2.05) is 12.1 Å². The molecule has 14 heavy (non-hydrogen) atoms. The van der Waals surface area contributed by atoms with Crippen molar-refractivity contribution in [2.75, 3.05) is 6.61 Å². The van der Waals surface area contributed by atoms with Crippen LogP contribution in [-0.2, 0) is 0 Å². The van der Waals surface area contributed by atoms with Crippen LogP contribution in [-0.4, -0.2) is 16.8 Å². The van der Waals surface area contributed by atoms with Gasteiger partial charge in [0.15, 0.2) is 0 Å². The molecule has 2 heteroatoms. The average molecular weight is 194 g/mol. The lowest BCUT2D eigenvalue weighted by Gasteiger charge is -2.15. The predicted molar refractivity (Wildman–Crippen MR) is 57.5 cm³/mol. The highest BCUT2D eigenvalue weighted by atomic mass is 16.3. The summed E-state index contributed by atoms with van der Waals surface area (Å²) in [6, 6.07) is 7.28. The number of rotatable bonds is 5. The number of aliphatic hydroxyl groups excluding tert-OH is 1. The van der Waals surface area contributed by atoms with Gasteiger partial charge >= 0.3 is 0 Å². The third kappa shape index (κ3) is 3.04. The maximum atomic E-state index is 9.15. The van der Waals surface area contributed by atoms with E-state index in [-0.39, 0.29) is 6.61 Å². The van der Waals surface area contributed by atoms with Crippen molar-refractivity contribution in [2.24, 2.45) is 0 Å². The summed E-state index contributed by atoms with van der Waals surface area (Å²) in [5.74, 6) is 0.721. The number of phenols is 1. The van der Waals surface area contributed by atoms with E-state index in [2.05, 4.69) is 6.92 Å². The van der Waals surface area contributed by atoms with Crippen molar-refractivity contribution in [1.82, 2.24) is 0 Å². The second-order valence-corrected chi connectivity index (χ2v) is 3.59. The molecule has 2 N–H and O–H groups in total. The maximum absolute atomic E-state index is 9.15. The molecule has 0 aliphatic carbocycles. The molecule has 0 spiro atoms. The summed E-state index contributed by atoms with van der Waals surface area (Å²) in [6.45, 7) is 2.37. The Hall–Kier alpha value is -1.02. The quantitative estimate of drug-likeness (QED) is 0.756. The fraction of sp³-hybridized carbons (Fsp3) is 0.500. The monoisotopic (exact) mass is 194 g/mol. The number of phenolic OH excluding ortho intramolecular Hbond substituents is 1. The van der Waals surface area contributed by atoms with Crippen LogP contribution in [0.25, 0.3) is 0 Å². The molecule has 0 amide bonds.